The first-order valence-corrected chi connectivity index (χ1v) is 7.34. The van der Waals surface area contributed by atoms with E-state index >= 15 is 0 Å². The van der Waals surface area contributed by atoms with E-state index in [0.717, 1.165) is 23.6 Å². The van der Waals surface area contributed by atoms with Crippen molar-refractivity contribution >= 4 is 11.6 Å². The Bertz CT molecular complexity index is 398. The quantitative estimate of drug-likeness (QED) is 0.830. The van der Waals surface area contributed by atoms with Crippen molar-refractivity contribution in [3.8, 4) is 0 Å². The number of benzene rings is 1. The van der Waals surface area contributed by atoms with E-state index in [1.807, 2.05) is 13.0 Å². The zero-order valence-corrected chi connectivity index (χ0v) is 13.5. The second-order valence-corrected chi connectivity index (χ2v) is 6.35. The maximum atomic E-state index is 6.21. The van der Waals surface area contributed by atoms with Crippen LogP contribution in [0.1, 0.15) is 51.3 Å². The van der Waals surface area contributed by atoms with Crippen molar-refractivity contribution < 1.29 is 4.74 Å². The first kappa shape index (κ1) is 16.5. The summed E-state index contributed by atoms with van der Waals surface area (Å²) in [5, 5.41) is 4.34. The van der Waals surface area contributed by atoms with Crippen molar-refractivity contribution in [3.63, 3.8) is 0 Å². The van der Waals surface area contributed by atoms with Crippen molar-refractivity contribution in [1.82, 2.24) is 5.32 Å². The molecule has 1 atom stereocenters. The molecule has 0 bridgehead atoms. The van der Waals surface area contributed by atoms with Gasteiger partial charge in [-0.2, -0.15) is 0 Å². The van der Waals surface area contributed by atoms with Crippen LogP contribution in [0.3, 0.4) is 0 Å². The number of rotatable bonds is 6. The highest BCUT2D eigenvalue weighted by molar-refractivity contribution is 6.31. The van der Waals surface area contributed by atoms with Crippen LogP contribution >= 0.6 is 11.6 Å². The molecule has 0 saturated heterocycles. The summed E-state index contributed by atoms with van der Waals surface area (Å²) >= 11 is 6.21. The molecule has 0 heterocycles. The molecule has 19 heavy (non-hydrogen) atoms. The predicted molar refractivity (Wildman–Crippen MR) is 82.9 cm³/mol. The molecule has 0 aliphatic heterocycles. The first-order chi connectivity index (χ1) is 8.83. The van der Waals surface area contributed by atoms with E-state index in [1.54, 1.807) is 0 Å². The lowest BCUT2D eigenvalue weighted by molar-refractivity contribution is -0.0147. The van der Waals surface area contributed by atoms with Gasteiger partial charge >= 0.3 is 0 Å². The number of halogens is 1. The lowest BCUT2D eigenvalue weighted by Crippen LogP contribution is -2.30. The molecular weight excluding hydrogens is 258 g/mol. The second kappa shape index (κ2) is 7.28. The highest BCUT2D eigenvalue weighted by Gasteiger charge is 2.17. The van der Waals surface area contributed by atoms with Crippen LogP contribution in [0.4, 0.5) is 0 Å². The molecule has 108 valence electrons. The molecule has 0 aromatic heterocycles. The third kappa shape index (κ3) is 5.94. The maximum absolute atomic E-state index is 6.21. The van der Waals surface area contributed by atoms with Crippen LogP contribution in [0.25, 0.3) is 0 Å². The topological polar surface area (TPSA) is 21.3 Å². The Morgan fingerprint density at radius 2 is 2.00 bits per heavy atom. The Morgan fingerprint density at radius 1 is 1.32 bits per heavy atom. The third-order valence-electron chi connectivity index (χ3n) is 2.92. The van der Waals surface area contributed by atoms with Gasteiger partial charge in [0.15, 0.2) is 0 Å². The normalized spacial score (nSPS) is 13.6. The minimum absolute atomic E-state index is 0.124. The molecule has 1 unspecified atom stereocenters. The number of ether oxygens (including phenoxy) is 1. The lowest BCUT2D eigenvalue weighted by Gasteiger charge is -2.26. The van der Waals surface area contributed by atoms with E-state index in [2.05, 4.69) is 45.1 Å². The van der Waals surface area contributed by atoms with Crippen LogP contribution in [-0.2, 0) is 4.74 Å². The SMILES string of the molecule is CCCNC(COC(C)(C)C)c1ccc(C)c(Cl)c1. The van der Waals surface area contributed by atoms with Gasteiger partial charge in [0.05, 0.1) is 18.2 Å². The second-order valence-electron chi connectivity index (χ2n) is 5.94. The summed E-state index contributed by atoms with van der Waals surface area (Å²) in [7, 11) is 0. The van der Waals surface area contributed by atoms with Gasteiger partial charge in [0.2, 0.25) is 0 Å². The molecule has 0 amide bonds. The van der Waals surface area contributed by atoms with Gasteiger partial charge < -0.3 is 10.1 Å². The molecule has 0 radical (unpaired) electrons. The molecular formula is C16H26ClNO. The van der Waals surface area contributed by atoms with Crippen LogP contribution < -0.4 is 5.32 Å². The van der Waals surface area contributed by atoms with Gasteiger partial charge in [-0.1, -0.05) is 30.7 Å². The Balaban J connectivity index is 2.79. The fourth-order valence-electron chi connectivity index (χ4n) is 1.75. The van der Waals surface area contributed by atoms with Crippen molar-refractivity contribution in [2.45, 2.75) is 52.7 Å². The zero-order valence-electron chi connectivity index (χ0n) is 12.7. The Kier molecular flexibility index (Phi) is 6.31. The summed E-state index contributed by atoms with van der Waals surface area (Å²) < 4.78 is 5.91. The molecule has 0 aliphatic carbocycles. The van der Waals surface area contributed by atoms with Crippen LogP contribution in [0.2, 0.25) is 5.02 Å². The highest BCUT2D eigenvalue weighted by atomic mass is 35.5. The first-order valence-electron chi connectivity index (χ1n) is 6.97. The van der Waals surface area contributed by atoms with Crippen LogP contribution in [0, 0.1) is 6.92 Å². The fraction of sp³-hybridized carbons (Fsp3) is 0.625. The highest BCUT2D eigenvalue weighted by Crippen LogP contribution is 2.23. The van der Waals surface area contributed by atoms with E-state index in [9.17, 15) is 0 Å². The maximum Gasteiger partial charge on any atom is 0.0668 e. The number of nitrogens with one attached hydrogen (secondary N) is 1. The summed E-state index contributed by atoms with van der Waals surface area (Å²) in [6.45, 7) is 12.0. The molecule has 0 aliphatic rings. The smallest absolute Gasteiger partial charge is 0.0668 e. The van der Waals surface area contributed by atoms with E-state index in [0.29, 0.717) is 6.61 Å². The third-order valence-corrected chi connectivity index (χ3v) is 3.33. The fourth-order valence-corrected chi connectivity index (χ4v) is 1.94. The van der Waals surface area contributed by atoms with Gasteiger partial charge in [0, 0.05) is 5.02 Å². The van der Waals surface area contributed by atoms with Crippen LogP contribution in [0.15, 0.2) is 18.2 Å². The molecule has 1 aromatic carbocycles. The van der Waals surface area contributed by atoms with Gasteiger partial charge in [-0.15, -0.1) is 0 Å². The molecule has 2 nitrogen and oxygen atoms in total. The van der Waals surface area contributed by atoms with Gasteiger partial charge in [-0.05, 0) is 57.9 Å². The van der Waals surface area contributed by atoms with Crippen molar-refractivity contribution in [2.75, 3.05) is 13.2 Å². The number of aryl methyl sites for hydroxylation is 1. The van der Waals surface area contributed by atoms with Gasteiger partial charge in [-0.3, -0.25) is 0 Å². The number of hydrogen-bond acceptors (Lipinski definition) is 2. The lowest BCUT2D eigenvalue weighted by atomic mass is 10.0. The summed E-state index contributed by atoms with van der Waals surface area (Å²) in [6, 6.07) is 6.42. The van der Waals surface area contributed by atoms with Crippen LogP contribution in [-0.4, -0.2) is 18.8 Å². The Morgan fingerprint density at radius 3 is 2.53 bits per heavy atom. The van der Waals surface area contributed by atoms with Gasteiger partial charge in [0.1, 0.15) is 0 Å². The average molecular weight is 284 g/mol. The summed E-state index contributed by atoms with van der Waals surface area (Å²) in [5.74, 6) is 0. The molecule has 1 N–H and O–H groups in total. The molecule has 0 fully saturated rings. The Labute approximate surface area is 122 Å². The zero-order chi connectivity index (χ0) is 14.5. The molecule has 0 saturated carbocycles. The molecule has 1 aromatic rings. The summed E-state index contributed by atoms with van der Waals surface area (Å²) in [4.78, 5) is 0. The predicted octanol–water partition coefficient (Wildman–Crippen LogP) is 4.50. The van der Waals surface area contributed by atoms with E-state index in [1.165, 1.54) is 5.56 Å². The van der Waals surface area contributed by atoms with E-state index in [-0.39, 0.29) is 11.6 Å². The summed E-state index contributed by atoms with van der Waals surface area (Å²) in [6.07, 6.45) is 1.10. The van der Waals surface area contributed by atoms with Gasteiger partial charge in [-0.25, -0.2) is 0 Å². The standard InChI is InChI=1S/C16H26ClNO/c1-6-9-18-15(11-19-16(3,4)5)13-8-7-12(2)14(17)10-13/h7-8,10,15,18H,6,9,11H2,1-5H3. The minimum Gasteiger partial charge on any atom is -0.374 e. The Hall–Kier alpha value is -0.570. The van der Waals surface area contributed by atoms with E-state index in [4.69, 9.17) is 16.3 Å². The largest absolute Gasteiger partial charge is 0.374 e. The minimum atomic E-state index is -0.124. The van der Waals surface area contributed by atoms with E-state index < -0.39 is 0 Å². The monoisotopic (exact) mass is 283 g/mol. The molecule has 0 spiro atoms. The van der Waals surface area contributed by atoms with Crippen LogP contribution in [0.5, 0.6) is 0 Å². The number of hydrogen-bond donors (Lipinski definition) is 1. The summed E-state index contributed by atoms with van der Waals surface area (Å²) in [5.41, 5.74) is 2.17. The van der Waals surface area contributed by atoms with Crippen molar-refractivity contribution in [2.24, 2.45) is 0 Å². The van der Waals surface area contributed by atoms with Crippen molar-refractivity contribution in [3.05, 3.63) is 34.3 Å². The molecule has 1 rings (SSSR count). The molecule has 3 heteroatoms. The average Bonchev–Trinajstić information content (AvgIpc) is 2.32. The van der Waals surface area contributed by atoms with Gasteiger partial charge in [0.25, 0.3) is 0 Å². The van der Waals surface area contributed by atoms with Crippen molar-refractivity contribution in [1.29, 1.82) is 0 Å².